The zero-order chi connectivity index (χ0) is 30.9. The molecule has 2 fully saturated rings. The molecule has 1 amide bonds. The van der Waals surface area contributed by atoms with Crippen molar-refractivity contribution in [1.82, 2.24) is 10.0 Å². The molecule has 2 saturated carbocycles. The van der Waals surface area contributed by atoms with Gasteiger partial charge in [-0.2, -0.15) is 13.8 Å². The summed E-state index contributed by atoms with van der Waals surface area (Å²) in [7, 11) is -3.69. The number of H-pyrrole nitrogens is 1. The molecule has 1 unspecified atom stereocenters. The number of halogens is 4. The van der Waals surface area contributed by atoms with Crippen LogP contribution in [0.15, 0.2) is 40.8 Å². The Hall–Kier alpha value is -3.69. The topological polar surface area (TPSA) is 150 Å². The molecule has 15 heteroatoms. The van der Waals surface area contributed by atoms with E-state index < -0.39 is 58.1 Å². The van der Waals surface area contributed by atoms with E-state index in [1.165, 1.54) is 18.2 Å². The minimum Gasteiger partial charge on any atom is -0.433 e. The minimum absolute atomic E-state index is 0.0322. The van der Waals surface area contributed by atoms with E-state index in [9.17, 15) is 30.8 Å². The van der Waals surface area contributed by atoms with Crippen molar-refractivity contribution in [3.05, 3.63) is 65.1 Å². The van der Waals surface area contributed by atoms with Crippen molar-refractivity contribution >= 4 is 21.6 Å². The lowest BCUT2D eigenvalue weighted by Gasteiger charge is -2.19. The molecule has 2 atom stereocenters. The van der Waals surface area contributed by atoms with Gasteiger partial charge in [0.25, 0.3) is 0 Å². The van der Waals surface area contributed by atoms with E-state index in [1.54, 1.807) is 6.92 Å². The highest BCUT2D eigenvalue weighted by Crippen LogP contribution is 2.35. The summed E-state index contributed by atoms with van der Waals surface area (Å²) in [6.07, 6.45) is 3.05. The molecule has 1 aromatic heterocycles. The number of rotatable bonds is 14. The molecule has 6 N–H and O–H groups in total. The van der Waals surface area contributed by atoms with Crippen LogP contribution >= 0.6 is 0 Å². The Bertz CT molecular complexity index is 1590. The average molecular weight is 627 g/mol. The van der Waals surface area contributed by atoms with Crippen LogP contribution in [0.25, 0.3) is 11.5 Å². The number of alkyl halides is 2. The summed E-state index contributed by atoms with van der Waals surface area (Å²) in [5.74, 6) is -2.13. The van der Waals surface area contributed by atoms with Gasteiger partial charge in [-0.05, 0) is 62.8 Å². The number of hydrogen-bond acceptors (Lipinski definition) is 7. The Labute approximate surface area is 245 Å². The molecule has 0 aliphatic heterocycles. The maximum Gasteiger partial charge on any atom is 0.387 e. The third kappa shape index (κ3) is 7.64. The highest BCUT2D eigenvalue weighted by Gasteiger charge is 2.37. The number of oxazole rings is 1. The molecule has 2 aliphatic carbocycles. The summed E-state index contributed by atoms with van der Waals surface area (Å²) in [4.78, 5) is 16.4. The second-order valence-corrected chi connectivity index (χ2v) is 12.8. The first kappa shape index (κ1) is 30.8. The van der Waals surface area contributed by atoms with Crippen LogP contribution in [-0.4, -0.2) is 39.3 Å². The monoisotopic (exact) mass is 626 g/mol. The molecule has 2 aromatic carbocycles. The van der Waals surface area contributed by atoms with Crippen molar-refractivity contribution in [2.75, 3.05) is 18.4 Å². The first-order valence-electron chi connectivity index (χ1n) is 13.8. The number of nitrogens with two attached hydrogens (primary N) is 1. The number of benzene rings is 2. The summed E-state index contributed by atoms with van der Waals surface area (Å²) < 4.78 is 92.2. The number of hydrogen-bond donors (Lipinski definition) is 4. The zero-order valence-corrected chi connectivity index (χ0v) is 23.9. The largest absolute Gasteiger partial charge is 0.433 e. The van der Waals surface area contributed by atoms with Crippen LogP contribution in [0, 0.1) is 17.6 Å². The molecule has 3 aromatic rings. The lowest BCUT2D eigenvalue weighted by molar-refractivity contribution is -0.372. The molecular formula is C28H32F4N5O5S+. The number of sulfonamides is 1. The van der Waals surface area contributed by atoms with Crippen molar-refractivity contribution in [3.8, 4) is 17.2 Å². The lowest BCUT2D eigenvalue weighted by atomic mass is 10.1. The van der Waals surface area contributed by atoms with Gasteiger partial charge in [0.2, 0.25) is 15.8 Å². The quantitative estimate of drug-likeness (QED) is 0.197. The second-order valence-electron chi connectivity index (χ2n) is 10.8. The first-order valence-corrected chi connectivity index (χ1v) is 15.3. The van der Waals surface area contributed by atoms with Gasteiger partial charge in [0.15, 0.2) is 0 Å². The van der Waals surface area contributed by atoms with Crippen LogP contribution in [0.4, 0.5) is 23.2 Å². The molecule has 0 saturated heterocycles. The van der Waals surface area contributed by atoms with E-state index in [0.717, 1.165) is 25.0 Å². The molecule has 1 heterocycles. The van der Waals surface area contributed by atoms with Crippen molar-refractivity contribution in [2.45, 2.75) is 56.6 Å². The molecule has 10 nitrogen and oxygen atoms in total. The van der Waals surface area contributed by atoms with Gasteiger partial charge >= 0.3 is 24.1 Å². The molecule has 0 spiro atoms. The van der Waals surface area contributed by atoms with Gasteiger partial charge in [0.1, 0.15) is 17.4 Å². The molecule has 232 valence electrons. The normalized spacial score (nSPS) is 16.6. The van der Waals surface area contributed by atoms with Crippen molar-refractivity contribution in [3.63, 3.8) is 0 Å². The van der Waals surface area contributed by atoms with Crippen LogP contribution < -0.4 is 30.8 Å². The van der Waals surface area contributed by atoms with Crippen molar-refractivity contribution in [1.29, 1.82) is 0 Å². The predicted molar refractivity (Wildman–Crippen MR) is 148 cm³/mol. The smallest absolute Gasteiger partial charge is 0.387 e. The molecule has 5 rings (SSSR count). The zero-order valence-electron chi connectivity index (χ0n) is 23.1. The highest BCUT2D eigenvalue weighted by molar-refractivity contribution is 7.90. The van der Waals surface area contributed by atoms with Gasteiger partial charge in [-0.3, -0.25) is 4.79 Å². The van der Waals surface area contributed by atoms with Crippen LogP contribution in [0.2, 0.25) is 0 Å². The van der Waals surface area contributed by atoms with Crippen LogP contribution in [0.3, 0.4) is 0 Å². The molecule has 0 bridgehead atoms. The third-order valence-corrected chi connectivity index (χ3v) is 9.09. The summed E-state index contributed by atoms with van der Waals surface area (Å²) >= 11 is 0. The lowest BCUT2D eigenvalue weighted by Crippen LogP contribution is -2.41. The van der Waals surface area contributed by atoms with E-state index in [2.05, 4.69) is 25.1 Å². The first-order chi connectivity index (χ1) is 20.4. The number of nitrogens with one attached hydrogen (secondary N) is 4. The van der Waals surface area contributed by atoms with Crippen molar-refractivity contribution in [2.24, 2.45) is 11.7 Å². The van der Waals surface area contributed by atoms with Crippen molar-refractivity contribution < 1.29 is 44.9 Å². The second kappa shape index (κ2) is 12.5. The highest BCUT2D eigenvalue weighted by atomic mass is 32.2. The summed E-state index contributed by atoms with van der Waals surface area (Å²) in [6.45, 7) is -1.30. The summed E-state index contributed by atoms with van der Waals surface area (Å²) in [5, 5.41) is 5.15. The van der Waals surface area contributed by atoms with E-state index in [4.69, 9.17) is 10.2 Å². The molecule has 2 aliphatic rings. The van der Waals surface area contributed by atoms with E-state index in [1.807, 2.05) is 0 Å². The predicted octanol–water partition coefficient (Wildman–Crippen LogP) is 4.03. The fourth-order valence-electron chi connectivity index (χ4n) is 4.52. The standard InChI is InChI=1S/C28H31F4N5O5S/c1-14(33)25-24(37-27(42-25)16-4-9-23(41-28(31)32)21(10-16)34-12-15-2-3-15)26(38)36-22(13-35-43(39,40)18-6-7-18)19-8-5-17(29)11-20(19)30/h4-5,8-11,14-15,18,22,28,34-35H,2-3,6-7,12-13,33H2,1H3,(H,36,38)/p+1/t14-,22?/m0/s1. The van der Waals surface area contributed by atoms with Gasteiger partial charge in [0.05, 0.1) is 28.6 Å². The maximum atomic E-state index is 14.8. The number of anilines is 1. The number of ether oxygens (including phenoxy) is 1. The fraction of sp³-hybridized carbons (Fsp3) is 0.429. The van der Waals surface area contributed by atoms with Crippen LogP contribution in [-0.2, 0) is 10.0 Å². The van der Waals surface area contributed by atoms with E-state index in [0.29, 0.717) is 42.6 Å². The van der Waals surface area contributed by atoms with Gasteiger partial charge in [-0.15, -0.1) is 0 Å². The Morgan fingerprint density at radius 2 is 1.88 bits per heavy atom. The van der Waals surface area contributed by atoms with E-state index in [-0.39, 0.29) is 28.7 Å². The minimum atomic E-state index is -3.69. The van der Waals surface area contributed by atoms with E-state index >= 15 is 0 Å². The molecular weight excluding hydrogens is 594 g/mol. The Morgan fingerprint density at radius 1 is 1.14 bits per heavy atom. The fourth-order valence-corrected chi connectivity index (χ4v) is 5.91. The average Bonchev–Trinajstić information content (AvgIpc) is 3.88. The molecule has 43 heavy (non-hydrogen) atoms. The number of amides is 1. The third-order valence-electron chi connectivity index (χ3n) is 7.17. The van der Waals surface area contributed by atoms with Crippen LogP contribution in [0.1, 0.15) is 66.5 Å². The Balaban J connectivity index is 1.43. The number of carbonyl (C=O) groups excluding carboxylic acids is 1. The number of carbonyl (C=O) groups is 1. The van der Waals surface area contributed by atoms with Gasteiger partial charge in [-0.25, -0.2) is 21.9 Å². The van der Waals surface area contributed by atoms with Crippen LogP contribution in [0.5, 0.6) is 5.75 Å². The number of aromatic amines is 1. The van der Waals surface area contributed by atoms with Gasteiger partial charge in [-0.1, -0.05) is 6.07 Å². The maximum absolute atomic E-state index is 14.8. The van der Waals surface area contributed by atoms with Gasteiger partial charge in [0, 0.05) is 24.7 Å². The Kier molecular flexibility index (Phi) is 8.94. The summed E-state index contributed by atoms with van der Waals surface area (Å²) in [5.41, 5.74) is 6.51. The summed E-state index contributed by atoms with van der Waals surface area (Å²) in [6, 6.07) is 5.08. The SMILES string of the molecule is C[C@H](N)c1oc(-c2ccc(OC(F)F)c(NCC3CC3)c2)[nH+]c1C(=O)NC(CNS(=O)(=O)C1CC1)c1ccc(F)cc1F. The van der Waals surface area contributed by atoms with Gasteiger partial charge < -0.3 is 25.5 Å². The Morgan fingerprint density at radius 3 is 2.51 bits per heavy atom. The number of aromatic nitrogens is 1. The molecule has 0 radical (unpaired) electrons.